The first kappa shape index (κ1) is 22.0. The minimum Gasteiger partial charge on any atom is -0.352 e. The van der Waals surface area contributed by atoms with E-state index in [1.807, 2.05) is 23.5 Å². The van der Waals surface area contributed by atoms with E-state index in [0.29, 0.717) is 6.04 Å². The van der Waals surface area contributed by atoms with Crippen LogP contribution in [0.15, 0.2) is 41.8 Å². The lowest BCUT2D eigenvalue weighted by atomic mass is 9.76. The molecule has 1 aromatic heterocycles. The van der Waals surface area contributed by atoms with E-state index in [1.54, 1.807) is 0 Å². The smallest absolute Gasteiger partial charge is 0.251 e. The molecule has 1 amide bonds. The first-order chi connectivity index (χ1) is 14.1. The predicted octanol–water partition coefficient (Wildman–Crippen LogP) is 5.93. The molecule has 0 bridgehead atoms. The van der Waals surface area contributed by atoms with Crippen LogP contribution < -0.4 is 5.32 Å². The van der Waals surface area contributed by atoms with Crippen molar-refractivity contribution in [3.8, 4) is 0 Å². The van der Waals surface area contributed by atoms with E-state index < -0.39 is 0 Å². The zero-order valence-corrected chi connectivity index (χ0v) is 19.0. The highest BCUT2D eigenvalue weighted by Crippen LogP contribution is 2.41. The van der Waals surface area contributed by atoms with Gasteiger partial charge in [-0.3, -0.25) is 4.79 Å². The Bertz CT molecular complexity index is 731. The van der Waals surface area contributed by atoms with Gasteiger partial charge in [-0.1, -0.05) is 44.4 Å². The molecule has 1 atom stereocenters. The zero-order valence-electron chi connectivity index (χ0n) is 18.2. The number of carbonyl (C=O) groups excluding carboxylic acids is 1. The molecule has 0 spiro atoms. The van der Waals surface area contributed by atoms with Gasteiger partial charge in [0, 0.05) is 23.0 Å². The lowest BCUT2D eigenvalue weighted by molar-refractivity contribution is 0.0947. The fourth-order valence-corrected chi connectivity index (χ4v) is 5.78. The van der Waals surface area contributed by atoms with E-state index in [-0.39, 0.29) is 5.91 Å². The van der Waals surface area contributed by atoms with Crippen molar-refractivity contribution in [2.24, 2.45) is 11.8 Å². The summed E-state index contributed by atoms with van der Waals surface area (Å²) in [6.45, 7) is 2.96. The van der Waals surface area contributed by atoms with E-state index in [9.17, 15) is 4.79 Å². The van der Waals surface area contributed by atoms with Crippen molar-refractivity contribution in [2.75, 3.05) is 20.6 Å². The molecule has 1 unspecified atom stereocenters. The summed E-state index contributed by atoms with van der Waals surface area (Å²) in [6.07, 6.45) is 8.45. The average Bonchev–Trinajstić information content (AvgIpc) is 3.24. The number of rotatable bonds is 9. The Kier molecular flexibility index (Phi) is 8.31. The number of hydrogen-bond donors (Lipinski definition) is 1. The lowest BCUT2D eigenvalue weighted by Gasteiger charge is -2.37. The van der Waals surface area contributed by atoms with E-state index in [0.717, 1.165) is 43.2 Å². The lowest BCUT2D eigenvalue weighted by Crippen LogP contribution is -2.31. The van der Waals surface area contributed by atoms with Gasteiger partial charge in [0.25, 0.3) is 5.91 Å². The van der Waals surface area contributed by atoms with Crippen molar-refractivity contribution < 1.29 is 4.79 Å². The summed E-state index contributed by atoms with van der Waals surface area (Å²) in [5, 5.41) is 5.32. The molecule has 4 heteroatoms. The van der Waals surface area contributed by atoms with Crippen molar-refractivity contribution in [3.63, 3.8) is 0 Å². The van der Waals surface area contributed by atoms with Crippen LogP contribution in [0.5, 0.6) is 0 Å². The molecular formula is C25H36N2OS. The summed E-state index contributed by atoms with van der Waals surface area (Å²) in [6, 6.07) is 13.1. The van der Waals surface area contributed by atoms with Gasteiger partial charge in [0.05, 0.1) is 0 Å². The van der Waals surface area contributed by atoms with Crippen LogP contribution in [0.2, 0.25) is 0 Å². The molecule has 0 saturated heterocycles. The van der Waals surface area contributed by atoms with Gasteiger partial charge in [-0.05, 0) is 80.8 Å². The summed E-state index contributed by atoms with van der Waals surface area (Å²) in [5.74, 6) is 1.55. The van der Waals surface area contributed by atoms with Gasteiger partial charge in [0.15, 0.2) is 0 Å². The highest BCUT2D eigenvalue weighted by molar-refractivity contribution is 7.10. The fraction of sp³-hybridized carbons (Fsp3) is 0.560. The summed E-state index contributed by atoms with van der Waals surface area (Å²) >= 11 is 1.88. The Morgan fingerprint density at radius 3 is 2.45 bits per heavy atom. The van der Waals surface area contributed by atoms with Crippen LogP contribution in [0.3, 0.4) is 0 Å². The molecule has 1 aliphatic rings. The van der Waals surface area contributed by atoms with Crippen molar-refractivity contribution >= 4 is 17.2 Å². The Hall–Kier alpha value is -1.65. The Balaban J connectivity index is 1.41. The van der Waals surface area contributed by atoms with Gasteiger partial charge in [-0.15, -0.1) is 11.3 Å². The van der Waals surface area contributed by atoms with Gasteiger partial charge in [-0.2, -0.15) is 0 Å². The highest BCUT2D eigenvalue weighted by atomic mass is 32.1. The zero-order chi connectivity index (χ0) is 20.6. The third kappa shape index (κ3) is 6.16. The summed E-state index contributed by atoms with van der Waals surface area (Å²) in [4.78, 5) is 16.3. The van der Waals surface area contributed by atoms with Crippen LogP contribution in [0.1, 0.15) is 72.3 Å². The second-order valence-corrected chi connectivity index (χ2v) is 9.68. The van der Waals surface area contributed by atoms with Crippen molar-refractivity contribution in [1.29, 1.82) is 0 Å². The standard InChI is InChI=1S/C25H36N2OS/c1-4-6-19-10-14-22(15-11-19)25(28)26-17-16-20-8-12-21(13-9-20)24(27(2)3)23-7-5-18-29-23/h5,7,10-11,14-15,18,20-21,24H,4,6,8-9,12-13,16-17H2,1-3H3,(H,26,28). The van der Waals surface area contributed by atoms with Crippen LogP contribution >= 0.6 is 11.3 Å². The normalized spacial score (nSPS) is 20.6. The van der Waals surface area contributed by atoms with Crippen LogP contribution in [0, 0.1) is 11.8 Å². The SMILES string of the molecule is CCCc1ccc(C(=O)NCCC2CCC(C(c3cccs3)N(C)C)CC2)cc1. The van der Waals surface area contributed by atoms with Crippen LogP contribution in [-0.2, 0) is 6.42 Å². The summed E-state index contributed by atoms with van der Waals surface area (Å²) < 4.78 is 0. The number of aryl methyl sites for hydroxylation is 1. The number of amides is 1. The molecule has 0 aliphatic heterocycles. The summed E-state index contributed by atoms with van der Waals surface area (Å²) in [5.41, 5.74) is 2.08. The number of hydrogen-bond acceptors (Lipinski definition) is 3. The van der Waals surface area contributed by atoms with Crippen LogP contribution in [0.25, 0.3) is 0 Å². The number of benzene rings is 1. The molecule has 1 N–H and O–H groups in total. The third-order valence-corrected chi connectivity index (χ3v) is 7.26. The molecule has 1 heterocycles. The van der Waals surface area contributed by atoms with Gasteiger partial charge < -0.3 is 10.2 Å². The molecule has 29 heavy (non-hydrogen) atoms. The van der Waals surface area contributed by atoms with E-state index in [2.05, 4.69) is 60.9 Å². The second-order valence-electron chi connectivity index (χ2n) is 8.70. The maximum absolute atomic E-state index is 12.4. The maximum Gasteiger partial charge on any atom is 0.251 e. The maximum atomic E-state index is 12.4. The molecule has 3 rings (SSSR count). The van der Waals surface area contributed by atoms with E-state index in [1.165, 1.54) is 36.1 Å². The van der Waals surface area contributed by atoms with Crippen LogP contribution in [-0.4, -0.2) is 31.4 Å². The number of nitrogens with zero attached hydrogens (tertiary/aromatic N) is 1. The first-order valence-electron chi connectivity index (χ1n) is 11.2. The van der Waals surface area contributed by atoms with Gasteiger partial charge in [0.1, 0.15) is 0 Å². The Morgan fingerprint density at radius 1 is 1.14 bits per heavy atom. The van der Waals surface area contributed by atoms with E-state index in [4.69, 9.17) is 0 Å². The quantitative estimate of drug-likeness (QED) is 0.553. The van der Waals surface area contributed by atoms with Crippen molar-refractivity contribution in [2.45, 2.75) is 57.9 Å². The minimum atomic E-state index is 0.0621. The number of carbonyl (C=O) groups is 1. The molecule has 1 saturated carbocycles. The monoisotopic (exact) mass is 412 g/mol. The largest absolute Gasteiger partial charge is 0.352 e. The third-order valence-electron chi connectivity index (χ3n) is 6.32. The molecule has 1 fully saturated rings. The molecule has 1 aliphatic carbocycles. The van der Waals surface area contributed by atoms with E-state index >= 15 is 0 Å². The van der Waals surface area contributed by atoms with Gasteiger partial charge in [-0.25, -0.2) is 0 Å². The summed E-state index contributed by atoms with van der Waals surface area (Å²) in [7, 11) is 4.42. The molecule has 3 nitrogen and oxygen atoms in total. The molecule has 158 valence electrons. The van der Waals surface area contributed by atoms with Crippen molar-refractivity contribution in [1.82, 2.24) is 10.2 Å². The highest BCUT2D eigenvalue weighted by Gasteiger charge is 2.30. The molecule has 1 aromatic carbocycles. The Labute approximate surface area is 180 Å². The minimum absolute atomic E-state index is 0.0621. The Morgan fingerprint density at radius 2 is 1.86 bits per heavy atom. The molecule has 2 aromatic rings. The second kappa shape index (κ2) is 10.9. The van der Waals surface area contributed by atoms with Crippen molar-refractivity contribution in [3.05, 3.63) is 57.8 Å². The van der Waals surface area contributed by atoms with Gasteiger partial charge >= 0.3 is 0 Å². The predicted molar refractivity (Wildman–Crippen MR) is 124 cm³/mol. The number of thiophene rings is 1. The molecule has 0 radical (unpaired) electrons. The van der Waals surface area contributed by atoms with Crippen LogP contribution in [0.4, 0.5) is 0 Å². The molecular weight excluding hydrogens is 376 g/mol. The first-order valence-corrected chi connectivity index (χ1v) is 12.0. The fourth-order valence-electron chi connectivity index (χ4n) is 4.76. The van der Waals surface area contributed by atoms with Gasteiger partial charge in [0.2, 0.25) is 0 Å². The topological polar surface area (TPSA) is 32.3 Å². The average molecular weight is 413 g/mol. The number of nitrogens with one attached hydrogen (secondary N) is 1.